The number of nitrogens with zero attached hydrogens (tertiary/aromatic N) is 1. The Balaban J connectivity index is 1.94. The minimum absolute atomic E-state index is 0.149. The highest BCUT2D eigenvalue weighted by Crippen LogP contribution is 2.22. The van der Waals surface area contributed by atoms with E-state index < -0.39 is 5.82 Å². The van der Waals surface area contributed by atoms with Crippen LogP contribution in [0.1, 0.15) is 26.7 Å². The molecule has 0 radical (unpaired) electrons. The normalized spacial score (nSPS) is 23.6. The van der Waals surface area contributed by atoms with Crippen LogP contribution in [-0.2, 0) is 4.79 Å². The molecule has 1 aromatic carbocycles. The van der Waals surface area contributed by atoms with Crippen molar-refractivity contribution < 1.29 is 9.18 Å². The predicted molar refractivity (Wildman–Crippen MR) is 78.9 cm³/mol. The van der Waals surface area contributed by atoms with Crippen molar-refractivity contribution in [3.8, 4) is 0 Å². The minimum Gasteiger partial charge on any atom is -0.397 e. The number of piperidine rings is 1. The van der Waals surface area contributed by atoms with Crippen LogP contribution in [0.15, 0.2) is 18.2 Å². The maximum absolute atomic E-state index is 13.1. The Morgan fingerprint density at radius 2 is 2.25 bits per heavy atom. The lowest BCUT2D eigenvalue weighted by Gasteiger charge is -2.35. The second-order valence-electron chi connectivity index (χ2n) is 5.73. The van der Waals surface area contributed by atoms with Gasteiger partial charge in [0, 0.05) is 6.04 Å². The van der Waals surface area contributed by atoms with Gasteiger partial charge in [0.1, 0.15) is 5.82 Å². The third-order valence-electron chi connectivity index (χ3n) is 3.91. The molecule has 1 saturated heterocycles. The number of carbonyl (C=O) groups is 1. The van der Waals surface area contributed by atoms with E-state index in [1.807, 2.05) is 0 Å². The summed E-state index contributed by atoms with van der Waals surface area (Å²) in [6.07, 6.45) is 2.22. The third-order valence-corrected chi connectivity index (χ3v) is 3.91. The summed E-state index contributed by atoms with van der Waals surface area (Å²) in [5.41, 5.74) is 6.44. The average molecular weight is 279 g/mol. The lowest BCUT2D eigenvalue weighted by Crippen LogP contribution is -2.44. The molecule has 1 heterocycles. The van der Waals surface area contributed by atoms with Crippen LogP contribution < -0.4 is 11.1 Å². The summed E-state index contributed by atoms with van der Waals surface area (Å²) >= 11 is 0. The van der Waals surface area contributed by atoms with Gasteiger partial charge in [-0.1, -0.05) is 6.92 Å². The Morgan fingerprint density at radius 1 is 1.50 bits per heavy atom. The molecule has 1 aliphatic heterocycles. The fraction of sp³-hybridized carbons (Fsp3) is 0.533. The number of likely N-dealkylation sites (tertiary alicyclic amines) is 1. The molecule has 1 aliphatic rings. The molecule has 0 aromatic heterocycles. The van der Waals surface area contributed by atoms with Crippen molar-refractivity contribution in [1.29, 1.82) is 0 Å². The van der Waals surface area contributed by atoms with Gasteiger partial charge in [-0.3, -0.25) is 9.69 Å². The summed E-state index contributed by atoms with van der Waals surface area (Å²) in [7, 11) is 0. The van der Waals surface area contributed by atoms with Crippen molar-refractivity contribution in [3.63, 3.8) is 0 Å². The van der Waals surface area contributed by atoms with Crippen LogP contribution in [0.2, 0.25) is 0 Å². The van der Waals surface area contributed by atoms with Crippen LogP contribution >= 0.6 is 0 Å². The van der Waals surface area contributed by atoms with Crippen molar-refractivity contribution in [2.24, 2.45) is 5.92 Å². The molecule has 5 heteroatoms. The number of hydrogen-bond acceptors (Lipinski definition) is 3. The zero-order chi connectivity index (χ0) is 14.7. The van der Waals surface area contributed by atoms with Crippen molar-refractivity contribution in [2.75, 3.05) is 24.1 Å². The molecule has 20 heavy (non-hydrogen) atoms. The molecule has 2 rings (SSSR count). The number of halogens is 1. The number of hydrogen-bond donors (Lipinski definition) is 2. The molecular weight excluding hydrogens is 257 g/mol. The maximum Gasteiger partial charge on any atom is 0.238 e. The average Bonchev–Trinajstić information content (AvgIpc) is 2.37. The third kappa shape index (κ3) is 3.70. The summed E-state index contributed by atoms with van der Waals surface area (Å²) in [5, 5.41) is 2.68. The molecule has 0 saturated carbocycles. The van der Waals surface area contributed by atoms with Gasteiger partial charge in [-0.25, -0.2) is 4.39 Å². The standard InChI is InChI=1S/C15H22FN3O/c1-10-5-6-19(11(2)7-10)9-15(20)18-14-8-12(16)3-4-13(14)17/h3-4,8,10-11H,5-7,9,17H2,1-2H3,(H,18,20). The monoisotopic (exact) mass is 279 g/mol. The lowest BCUT2D eigenvalue weighted by molar-refractivity contribution is -0.118. The molecule has 0 spiro atoms. The van der Waals surface area contributed by atoms with Crippen LogP contribution in [0.3, 0.4) is 0 Å². The Labute approximate surface area is 119 Å². The number of rotatable bonds is 3. The lowest BCUT2D eigenvalue weighted by atomic mass is 9.93. The predicted octanol–water partition coefficient (Wildman–Crippen LogP) is 2.47. The number of nitrogens with two attached hydrogens (primary N) is 1. The minimum atomic E-state index is -0.408. The Kier molecular flexibility index (Phi) is 4.60. The first-order valence-corrected chi connectivity index (χ1v) is 7.04. The SMILES string of the molecule is CC1CCN(CC(=O)Nc2cc(F)ccc2N)C(C)C1. The highest BCUT2D eigenvalue weighted by Gasteiger charge is 2.24. The van der Waals surface area contributed by atoms with Crippen LogP contribution in [0.25, 0.3) is 0 Å². The second kappa shape index (κ2) is 6.22. The molecule has 1 amide bonds. The number of amides is 1. The number of benzene rings is 1. The molecule has 0 bridgehead atoms. The van der Waals surface area contributed by atoms with Crippen LogP contribution in [-0.4, -0.2) is 29.9 Å². The van der Waals surface area contributed by atoms with E-state index >= 15 is 0 Å². The summed E-state index contributed by atoms with van der Waals surface area (Å²) in [4.78, 5) is 14.2. The molecule has 110 valence electrons. The molecule has 3 N–H and O–H groups in total. The zero-order valence-corrected chi connectivity index (χ0v) is 12.0. The van der Waals surface area contributed by atoms with E-state index in [0.29, 0.717) is 29.9 Å². The number of nitrogens with one attached hydrogen (secondary N) is 1. The van der Waals surface area contributed by atoms with Crippen molar-refractivity contribution >= 4 is 17.3 Å². The van der Waals surface area contributed by atoms with E-state index in [4.69, 9.17) is 5.73 Å². The smallest absolute Gasteiger partial charge is 0.238 e. The maximum atomic E-state index is 13.1. The van der Waals surface area contributed by atoms with E-state index in [0.717, 1.165) is 19.4 Å². The van der Waals surface area contributed by atoms with E-state index in [9.17, 15) is 9.18 Å². The summed E-state index contributed by atoms with van der Waals surface area (Å²) < 4.78 is 13.1. The number of nitrogen functional groups attached to an aromatic ring is 1. The van der Waals surface area contributed by atoms with Gasteiger partial charge in [-0.05, 0) is 50.4 Å². The fourth-order valence-corrected chi connectivity index (χ4v) is 2.70. The van der Waals surface area contributed by atoms with Crippen LogP contribution in [0, 0.1) is 11.7 Å². The Bertz CT molecular complexity index is 492. The first-order chi connectivity index (χ1) is 9.45. The van der Waals surface area contributed by atoms with Crippen molar-refractivity contribution in [2.45, 2.75) is 32.7 Å². The van der Waals surface area contributed by atoms with Gasteiger partial charge in [0.25, 0.3) is 0 Å². The molecule has 1 aromatic rings. The topological polar surface area (TPSA) is 58.4 Å². The first-order valence-electron chi connectivity index (χ1n) is 7.04. The van der Waals surface area contributed by atoms with Gasteiger partial charge < -0.3 is 11.1 Å². The van der Waals surface area contributed by atoms with Crippen molar-refractivity contribution in [3.05, 3.63) is 24.0 Å². The zero-order valence-electron chi connectivity index (χ0n) is 12.0. The molecule has 1 fully saturated rings. The van der Waals surface area contributed by atoms with Gasteiger partial charge in [-0.2, -0.15) is 0 Å². The highest BCUT2D eigenvalue weighted by atomic mass is 19.1. The summed E-state index contributed by atoms with van der Waals surface area (Å²) in [5.74, 6) is 0.154. The largest absolute Gasteiger partial charge is 0.397 e. The Hall–Kier alpha value is -1.62. The van der Waals surface area contributed by atoms with Crippen LogP contribution in [0.5, 0.6) is 0 Å². The number of anilines is 2. The molecule has 2 unspecified atom stereocenters. The molecule has 2 atom stereocenters. The quantitative estimate of drug-likeness (QED) is 0.836. The van der Waals surface area contributed by atoms with Crippen molar-refractivity contribution in [1.82, 2.24) is 4.90 Å². The van der Waals surface area contributed by atoms with Gasteiger partial charge in [0.15, 0.2) is 0 Å². The van der Waals surface area contributed by atoms with Gasteiger partial charge in [0.05, 0.1) is 17.9 Å². The number of carbonyl (C=O) groups excluding carboxylic acids is 1. The van der Waals surface area contributed by atoms with E-state index in [2.05, 4.69) is 24.1 Å². The Morgan fingerprint density at radius 3 is 2.95 bits per heavy atom. The van der Waals surface area contributed by atoms with Gasteiger partial charge in [-0.15, -0.1) is 0 Å². The first kappa shape index (κ1) is 14.8. The fourth-order valence-electron chi connectivity index (χ4n) is 2.70. The second-order valence-corrected chi connectivity index (χ2v) is 5.73. The highest BCUT2D eigenvalue weighted by molar-refractivity contribution is 5.95. The molecule has 0 aliphatic carbocycles. The van der Waals surface area contributed by atoms with E-state index in [-0.39, 0.29) is 5.91 Å². The van der Waals surface area contributed by atoms with Crippen LogP contribution in [0.4, 0.5) is 15.8 Å². The summed E-state index contributed by atoms with van der Waals surface area (Å²) in [6, 6.07) is 4.37. The van der Waals surface area contributed by atoms with E-state index in [1.165, 1.54) is 18.2 Å². The molecule has 4 nitrogen and oxygen atoms in total. The van der Waals surface area contributed by atoms with E-state index in [1.54, 1.807) is 0 Å². The van der Waals surface area contributed by atoms with Gasteiger partial charge in [0.2, 0.25) is 5.91 Å². The van der Waals surface area contributed by atoms with Gasteiger partial charge >= 0.3 is 0 Å². The molecular formula is C15H22FN3O. The summed E-state index contributed by atoms with van der Waals surface area (Å²) in [6.45, 7) is 5.62.